The smallest absolute Gasteiger partial charge is 0.293 e. The number of nitrogens with zero attached hydrogens (tertiary/aromatic N) is 1. The molecule has 1 aliphatic heterocycles. The van der Waals surface area contributed by atoms with Crippen LogP contribution in [-0.2, 0) is 4.79 Å². The Balaban J connectivity index is 1.60. The van der Waals surface area contributed by atoms with Crippen molar-refractivity contribution in [2.24, 2.45) is 0 Å². The molecule has 2 heterocycles. The molecular weight excluding hydrogens is 494 g/mol. The van der Waals surface area contributed by atoms with Gasteiger partial charge in [0.1, 0.15) is 11.8 Å². The molecule has 0 aliphatic carbocycles. The molecule has 9 heteroatoms. The number of hydrogen-bond acceptors (Lipinski definition) is 6. The van der Waals surface area contributed by atoms with Gasteiger partial charge < -0.3 is 4.42 Å². The van der Waals surface area contributed by atoms with Crippen molar-refractivity contribution in [3.63, 3.8) is 0 Å². The van der Waals surface area contributed by atoms with Gasteiger partial charge in [-0.3, -0.25) is 24.1 Å². The summed E-state index contributed by atoms with van der Waals surface area (Å²) in [7, 11) is 0. The Labute approximate surface area is 187 Å². The van der Waals surface area contributed by atoms with E-state index in [4.69, 9.17) is 16.0 Å². The first kappa shape index (κ1) is 20.6. The second-order valence-electron chi connectivity index (χ2n) is 6.36. The van der Waals surface area contributed by atoms with Crippen LogP contribution in [0.5, 0.6) is 0 Å². The Morgan fingerprint density at radius 1 is 1.13 bits per heavy atom. The molecule has 1 aromatic heterocycles. The van der Waals surface area contributed by atoms with Crippen LogP contribution < -0.4 is 5.43 Å². The van der Waals surface area contributed by atoms with Gasteiger partial charge in [-0.1, -0.05) is 27.5 Å². The fourth-order valence-corrected chi connectivity index (χ4v) is 4.16. The molecule has 2 amide bonds. The van der Waals surface area contributed by atoms with Crippen LogP contribution in [0.2, 0.25) is 5.02 Å². The number of fused-ring (bicyclic) bond motifs is 1. The molecule has 1 saturated heterocycles. The predicted molar refractivity (Wildman–Crippen MR) is 119 cm³/mol. The fraction of sp³-hybridized carbons (Fsp3) is 0.0476. The lowest BCUT2D eigenvalue weighted by molar-refractivity contribution is -0.122. The first-order chi connectivity index (χ1) is 14.3. The maximum atomic E-state index is 12.7. The maximum absolute atomic E-state index is 12.7. The van der Waals surface area contributed by atoms with Gasteiger partial charge in [-0.25, -0.2) is 0 Å². The minimum atomic E-state index is -0.636. The fourth-order valence-electron chi connectivity index (χ4n) is 2.87. The molecule has 0 radical (unpaired) electrons. The van der Waals surface area contributed by atoms with Crippen molar-refractivity contribution in [3.05, 3.63) is 84.5 Å². The zero-order valence-corrected chi connectivity index (χ0v) is 18.2. The Morgan fingerprint density at radius 3 is 2.60 bits per heavy atom. The summed E-state index contributed by atoms with van der Waals surface area (Å²) in [6, 6.07) is 11.1. The monoisotopic (exact) mass is 503 g/mol. The molecule has 0 atom stereocenters. The molecule has 4 rings (SSSR count). The molecule has 30 heavy (non-hydrogen) atoms. The van der Waals surface area contributed by atoms with E-state index < -0.39 is 23.5 Å². The quantitative estimate of drug-likeness (QED) is 0.362. The summed E-state index contributed by atoms with van der Waals surface area (Å²) in [5.74, 6) is -1.03. The summed E-state index contributed by atoms with van der Waals surface area (Å²) in [6.07, 6.45) is 2.55. The summed E-state index contributed by atoms with van der Waals surface area (Å²) in [5, 5.41) is 0.244. The van der Waals surface area contributed by atoms with Crippen LogP contribution in [0.15, 0.2) is 67.3 Å². The van der Waals surface area contributed by atoms with E-state index in [0.29, 0.717) is 33.3 Å². The van der Waals surface area contributed by atoms with E-state index in [1.165, 1.54) is 24.5 Å². The number of Topliss-reactive ketones (excluding diaryl/α,β-unsaturated/α-hetero) is 1. The van der Waals surface area contributed by atoms with E-state index in [2.05, 4.69) is 15.9 Å². The molecule has 1 aliphatic rings. The van der Waals surface area contributed by atoms with E-state index in [9.17, 15) is 19.2 Å². The van der Waals surface area contributed by atoms with Gasteiger partial charge in [-0.05, 0) is 60.3 Å². The highest BCUT2D eigenvalue weighted by atomic mass is 79.9. The van der Waals surface area contributed by atoms with Crippen LogP contribution in [0.4, 0.5) is 4.79 Å². The zero-order valence-electron chi connectivity index (χ0n) is 15.1. The SMILES string of the molecule is O=C(CN1C(=O)S/C(=C\c2coc3cc(Br)ccc3c2=O)C1=O)c1ccc(Cl)cc1. The number of thioether (sulfide) groups is 1. The van der Waals surface area contributed by atoms with Crippen LogP contribution in [0.3, 0.4) is 0 Å². The number of carbonyl (C=O) groups is 3. The van der Waals surface area contributed by atoms with Crippen molar-refractivity contribution in [2.75, 3.05) is 6.54 Å². The van der Waals surface area contributed by atoms with Crippen LogP contribution in [0.25, 0.3) is 17.0 Å². The third-order valence-electron chi connectivity index (χ3n) is 4.39. The van der Waals surface area contributed by atoms with Crippen molar-refractivity contribution < 1.29 is 18.8 Å². The van der Waals surface area contributed by atoms with E-state index >= 15 is 0 Å². The lowest BCUT2D eigenvalue weighted by atomic mass is 10.1. The van der Waals surface area contributed by atoms with E-state index in [1.54, 1.807) is 30.3 Å². The first-order valence-corrected chi connectivity index (χ1v) is 10.6. The molecule has 3 aromatic rings. The van der Waals surface area contributed by atoms with Crippen LogP contribution in [-0.4, -0.2) is 28.4 Å². The normalized spacial score (nSPS) is 15.4. The summed E-state index contributed by atoms with van der Waals surface area (Å²) in [6.45, 7) is -0.399. The number of halogens is 2. The van der Waals surface area contributed by atoms with E-state index in [1.807, 2.05) is 0 Å². The Bertz CT molecular complexity index is 1300. The summed E-state index contributed by atoms with van der Waals surface area (Å²) in [5.41, 5.74) is 0.545. The molecule has 0 unspecified atom stereocenters. The highest BCUT2D eigenvalue weighted by Crippen LogP contribution is 2.32. The predicted octanol–water partition coefficient (Wildman–Crippen LogP) is 5.13. The van der Waals surface area contributed by atoms with Crippen molar-refractivity contribution in [3.8, 4) is 0 Å². The highest BCUT2D eigenvalue weighted by Gasteiger charge is 2.36. The van der Waals surface area contributed by atoms with Gasteiger partial charge in [0.25, 0.3) is 11.1 Å². The molecule has 2 aromatic carbocycles. The molecule has 0 N–H and O–H groups in total. The largest absolute Gasteiger partial charge is 0.463 e. The van der Waals surface area contributed by atoms with E-state index in [0.717, 1.165) is 9.37 Å². The van der Waals surface area contributed by atoms with E-state index in [-0.39, 0.29) is 15.9 Å². The van der Waals surface area contributed by atoms with Crippen molar-refractivity contribution >= 4 is 73.3 Å². The van der Waals surface area contributed by atoms with Crippen LogP contribution in [0.1, 0.15) is 15.9 Å². The molecule has 150 valence electrons. The number of carbonyl (C=O) groups excluding carboxylic acids is 3. The first-order valence-electron chi connectivity index (χ1n) is 8.58. The number of ketones is 1. The van der Waals surface area contributed by atoms with Gasteiger partial charge in [0.2, 0.25) is 0 Å². The zero-order chi connectivity index (χ0) is 21.4. The maximum Gasteiger partial charge on any atom is 0.293 e. The van der Waals surface area contributed by atoms with Crippen molar-refractivity contribution in [1.29, 1.82) is 0 Å². The Hall–Kier alpha value is -2.68. The van der Waals surface area contributed by atoms with Gasteiger partial charge in [0, 0.05) is 15.1 Å². The molecule has 0 spiro atoms. The Morgan fingerprint density at radius 2 is 1.87 bits per heavy atom. The lowest BCUT2D eigenvalue weighted by Gasteiger charge is -2.11. The third kappa shape index (κ3) is 3.98. The number of hydrogen-bond donors (Lipinski definition) is 0. The number of amides is 2. The van der Waals surface area contributed by atoms with Crippen LogP contribution in [0, 0.1) is 0 Å². The van der Waals surface area contributed by atoms with Crippen LogP contribution >= 0.6 is 39.3 Å². The number of rotatable bonds is 4. The highest BCUT2D eigenvalue weighted by molar-refractivity contribution is 9.10. The average molecular weight is 505 g/mol. The topological polar surface area (TPSA) is 84.7 Å². The Kier molecular flexibility index (Phi) is 5.64. The van der Waals surface area contributed by atoms with Gasteiger partial charge >= 0.3 is 0 Å². The molecule has 0 bridgehead atoms. The molecule has 6 nitrogen and oxygen atoms in total. The number of imide groups is 1. The molecule has 1 fully saturated rings. The average Bonchev–Trinajstić information content (AvgIpc) is 2.98. The van der Waals surface area contributed by atoms with Gasteiger partial charge in [0.15, 0.2) is 11.2 Å². The van der Waals surface area contributed by atoms with Gasteiger partial charge in [-0.15, -0.1) is 0 Å². The second kappa shape index (κ2) is 8.22. The van der Waals surface area contributed by atoms with Gasteiger partial charge in [0.05, 0.1) is 22.4 Å². The summed E-state index contributed by atoms with van der Waals surface area (Å²) < 4.78 is 6.24. The summed E-state index contributed by atoms with van der Waals surface area (Å²) >= 11 is 9.79. The number of benzene rings is 2. The second-order valence-corrected chi connectivity index (χ2v) is 8.70. The molecule has 0 saturated carbocycles. The third-order valence-corrected chi connectivity index (χ3v) is 6.04. The van der Waals surface area contributed by atoms with Crippen molar-refractivity contribution in [1.82, 2.24) is 4.90 Å². The van der Waals surface area contributed by atoms with Gasteiger partial charge in [-0.2, -0.15) is 0 Å². The van der Waals surface area contributed by atoms with Crippen molar-refractivity contribution in [2.45, 2.75) is 0 Å². The minimum Gasteiger partial charge on any atom is -0.463 e. The lowest BCUT2D eigenvalue weighted by Crippen LogP contribution is -2.33. The molecular formula is C21H11BrClNO5S. The summed E-state index contributed by atoms with van der Waals surface area (Å²) in [4.78, 5) is 50.9. The minimum absolute atomic E-state index is 0.0488. The standard InChI is InChI=1S/C21H11BrClNO5S/c22-13-3-6-15-17(8-13)29-10-12(19(15)26)7-18-20(27)24(21(28)30-18)9-16(25)11-1-4-14(23)5-2-11/h1-8,10H,9H2/b18-7-.